The second-order valence-corrected chi connectivity index (χ2v) is 10.7. The van der Waals surface area contributed by atoms with Crippen molar-refractivity contribution in [3.8, 4) is 40.0 Å². The van der Waals surface area contributed by atoms with Gasteiger partial charge in [-0.25, -0.2) is 4.98 Å². The average molecular weight is 630 g/mol. The minimum atomic E-state index is -0.460. The molecular formula is C33H31N3O8S. The van der Waals surface area contributed by atoms with Crippen molar-refractivity contribution in [2.24, 2.45) is 0 Å². The highest BCUT2D eigenvalue weighted by molar-refractivity contribution is 8.18. The number of hydrogen-bond acceptors (Lipinski definition) is 10. The lowest BCUT2D eigenvalue weighted by Gasteiger charge is -2.15. The zero-order chi connectivity index (χ0) is 32.1. The van der Waals surface area contributed by atoms with Crippen LogP contribution in [0.25, 0.3) is 28.2 Å². The Labute approximate surface area is 264 Å². The van der Waals surface area contributed by atoms with Crippen LogP contribution in [0.5, 0.6) is 28.7 Å². The van der Waals surface area contributed by atoms with E-state index in [1.54, 1.807) is 50.6 Å². The Morgan fingerprint density at radius 3 is 2.20 bits per heavy atom. The third-order valence-corrected chi connectivity index (χ3v) is 8.03. The first kappa shape index (κ1) is 31.2. The van der Waals surface area contributed by atoms with E-state index in [2.05, 4.69) is 5.32 Å². The highest BCUT2D eigenvalue weighted by atomic mass is 32.2. The Morgan fingerprint density at radius 1 is 0.844 bits per heavy atom. The molecule has 0 bridgehead atoms. The van der Waals surface area contributed by atoms with Crippen LogP contribution >= 0.6 is 11.8 Å². The standard InChI is InChI=1S/C33H31N3O8S/c1-40-25-11-10-20(17-26(25)41-2)24-18-22(21-8-6-7-9-23(21)35-24)31(37)34-12-13-36-32(38)29(45-33(36)39)16-19-14-27(42-3)30(44-5)28(15-19)43-4/h6-11,14-18H,12-13H2,1-5H3,(H,34,37). The molecule has 1 aromatic heterocycles. The predicted octanol–water partition coefficient (Wildman–Crippen LogP) is 5.41. The molecule has 1 fully saturated rings. The number of fused-ring (bicyclic) bond motifs is 1. The molecule has 5 rings (SSSR count). The van der Waals surface area contributed by atoms with Crippen LogP contribution in [-0.2, 0) is 4.79 Å². The van der Waals surface area contributed by atoms with Gasteiger partial charge in [-0.05, 0) is 65.9 Å². The fourth-order valence-electron chi connectivity index (χ4n) is 4.91. The third-order valence-electron chi connectivity index (χ3n) is 7.12. The molecule has 1 saturated heterocycles. The average Bonchev–Trinajstić information content (AvgIpc) is 3.33. The molecule has 232 valence electrons. The van der Waals surface area contributed by atoms with Gasteiger partial charge in [0.1, 0.15) is 0 Å². The van der Waals surface area contributed by atoms with Gasteiger partial charge >= 0.3 is 0 Å². The number of benzene rings is 3. The molecule has 3 aromatic carbocycles. The lowest BCUT2D eigenvalue weighted by atomic mass is 10.0. The first-order valence-corrected chi connectivity index (χ1v) is 14.6. The second kappa shape index (κ2) is 13.6. The number of pyridine rings is 1. The Hall–Kier alpha value is -5.23. The molecule has 1 aliphatic heterocycles. The van der Waals surface area contributed by atoms with E-state index in [-0.39, 0.29) is 23.9 Å². The Kier molecular flexibility index (Phi) is 9.43. The molecule has 45 heavy (non-hydrogen) atoms. The largest absolute Gasteiger partial charge is 0.493 e. The number of thioether (sulfide) groups is 1. The molecule has 12 heteroatoms. The summed E-state index contributed by atoms with van der Waals surface area (Å²) in [6.45, 7) is 0.0469. The molecule has 0 unspecified atom stereocenters. The Morgan fingerprint density at radius 2 is 1.53 bits per heavy atom. The Bertz CT molecular complexity index is 1800. The molecule has 0 aliphatic carbocycles. The number of para-hydroxylation sites is 1. The summed E-state index contributed by atoms with van der Waals surface area (Å²) in [6, 6.07) is 17.8. The van der Waals surface area contributed by atoms with Crippen LogP contribution in [0, 0.1) is 0 Å². The molecule has 0 atom stereocenters. The number of rotatable bonds is 11. The van der Waals surface area contributed by atoms with Gasteiger partial charge in [0.2, 0.25) is 5.75 Å². The SMILES string of the molecule is COc1ccc(-c2cc(C(=O)NCCN3C(=O)SC(=Cc4cc(OC)c(OC)c(OC)c4)C3=O)c3ccccc3n2)cc1OC. The van der Waals surface area contributed by atoms with Gasteiger partial charge in [0.15, 0.2) is 23.0 Å². The second-order valence-electron chi connectivity index (χ2n) is 9.69. The van der Waals surface area contributed by atoms with Gasteiger partial charge in [-0.2, -0.15) is 0 Å². The molecule has 0 saturated carbocycles. The summed E-state index contributed by atoms with van der Waals surface area (Å²) >= 11 is 0.821. The van der Waals surface area contributed by atoms with Crippen molar-refractivity contribution < 1.29 is 38.1 Å². The molecule has 3 amide bonds. The maximum Gasteiger partial charge on any atom is 0.293 e. The van der Waals surface area contributed by atoms with Crippen LogP contribution in [0.15, 0.2) is 65.6 Å². The van der Waals surface area contributed by atoms with Crippen molar-refractivity contribution in [3.63, 3.8) is 0 Å². The van der Waals surface area contributed by atoms with E-state index in [1.165, 1.54) is 21.3 Å². The number of amides is 3. The summed E-state index contributed by atoms with van der Waals surface area (Å²) in [5, 5.41) is 3.09. The van der Waals surface area contributed by atoms with E-state index in [4.69, 9.17) is 28.7 Å². The molecule has 0 radical (unpaired) electrons. The molecule has 11 nitrogen and oxygen atoms in total. The van der Waals surface area contributed by atoms with E-state index >= 15 is 0 Å². The van der Waals surface area contributed by atoms with Crippen LogP contribution in [0.3, 0.4) is 0 Å². The van der Waals surface area contributed by atoms with Gasteiger partial charge in [-0.3, -0.25) is 19.3 Å². The minimum Gasteiger partial charge on any atom is -0.493 e. The number of aromatic nitrogens is 1. The van der Waals surface area contributed by atoms with Crippen molar-refractivity contribution in [2.75, 3.05) is 48.6 Å². The van der Waals surface area contributed by atoms with Crippen molar-refractivity contribution in [1.82, 2.24) is 15.2 Å². The lowest BCUT2D eigenvalue weighted by Crippen LogP contribution is -2.37. The van der Waals surface area contributed by atoms with Crippen LogP contribution in [-0.4, -0.2) is 75.6 Å². The van der Waals surface area contributed by atoms with Gasteiger partial charge < -0.3 is 29.0 Å². The summed E-state index contributed by atoms with van der Waals surface area (Å²) in [7, 11) is 7.60. The molecule has 4 aromatic rings. The molecule has 1 N–H and O–H groups in total. The van der Waals surface area contributed by atoms with Gasteiger partial charge in [0.05, 0.1) is 57.2 Å². The summed E-state index contributed by atoms with van der Waals surface area (Å²) in [5.41, 5.74) is 2.95. The van der Waals surface area contributed by atoms with E-state index < -0.39 is 11.1 Å². The van der Waals surface area contributed by atoms with Gasteiger partial charge in [-0.1, -0.05) is 18.2 Å². The van der Waals surface area contributed by atoms with Gasteiger partial charge in [0.25, 0.3) is 17.1 Å². The highest BCUT2D eigenvalue weighted by Crippen LogP contribution is 2.40. The number of nitrogens with one attached hydrogen (secondary N) is 1. The maximum absolute atomic E-state index is 13.5. The third kappa shape index (κ3) is 6.36. The first-order chi connectivity index (χ1) is 21.8. The van der Waals surface area contributed by atoms with Crippen molar-refractivity contribution in [1.29, 1.82) is 0 Å². The number of carbonyl (C=O) groups is 3. The van der Waals surface area contributed by atoms with Crippen LogP contribution in [0.2, 0.25) is 0 Å². The summed E-state index contributed by atoms with van der Waals surface area (Å²) in [6.07, 6.45) is 1.59. The zero-order valence-corrected chi connectivity index (χ0v) is 26.2. The fraction of sp³-hybridized carbons (Fsp3) is 0.212. The molecule has 1 aliphatic rings. The molecule has 2 heterocycles. The number of hydrogen-bond donors (Lipinski definition) is 1. The number of imide groups is 1. The topological polar surface area (TPSA) is 126 Å². The number of ether oxygens (including phenoxy) is 5. The highest BCUT2D eigenvalue weighted by Gasteiger charge is 2.35. The minimum absolute atomic E-state index is 0.00540. The smallest absolute Gasteiger partial charge is 0.293 e. The van der Waals surface area contributed by atoms with Gasteiger partial charge in [-0.15, -0.1) is 0 Å². The van der Waals surface area contributed by atoms with Crippen molar-refractivity contribution in [3.05, 3.63) is 76.7 Å². The summed E-state index contributed by atoms with van der Waals surface area (Å²) in [4.78, 5) is 45.5. The Balaban J connectivity index is 1.33. The number of carbonyl (C=O) groups excluding carboxylic acids is 3. The molecule has 0 spiro atoms. The normalized spacial score (nSPS) is 13.7. The van der Waals surface area contributed by atoms with Crippen molar-refractivity contribution >= 4 is 45.8 Å². The quantitative estimate of drug-likeness (QED) is 0.215. The summed E-state index contributed by atoms with van der Waals surface area (Å²) in [5.74, 6) is 1.54. The van der Waals surface area contributed by atoms with E-state index in [0.717, 1.165) is 22.2 Å². The van der Waals surface area contributed by atoms with Crippen LogP contribution < -0.4 is 29.0 Å². The fourth-order valence-corrected chi connectivity index (χ4v) is 5.78. The van der Waals surface area contributed by atoms with Crippen LogP contribution in [0.4, 0.5) is 4.79 Å². The van der Waals surface area contributed by atoms with E-state index in [9.17, 15) is 14.4 Å². The molecular weight excluding hydrogens is 598 g/mol. The van der Waals surface area contributed by atoms with E-state index in [1.807, 2.05) is 30.3 Å². The zero-order valence-electron chi connectivity index (χ0n) is 25.3. The van der Waals surface area contributed by atoms with Crippen LogP contribution in [0.1, 0.15) is 15.9 Å². The predicted molar refractivity (Wildman–Crippen MR) is 171 cm³/mol. The maximum atomic E-state index is 13.5. The lowest BCUT2D eigenvalue weighted by molar-refractivity contribution is -0.122. The first-order valence-electron chi connectivity index (χ1n) is 13.8. The van der Waals surface area contributed by atoms with Gasteiger partial charge in [0, 0.05) is 24.0 Å². The van der Waals surface area contributed by atoms with E-state index in [0.29, 0.717) is 56.5 Å². The number of nitrogens with zero attached hydrogens (tertiary/aromatic N) is 2. The van der Waals surface area contributed by atoms with Crippen molar-refractivity contribution in [2.45, 2.75) is 0 Å². The summed E-state index contributed by atoms with van der Waals surface area (Å²) < 4.78 is 26.9. The number of methoxy groups -OCH3 is 5. The monoisotopic (exact) mass is 629 g/mol.